The molecule has 0 aliphatic rings. The van der Waals surface area contributed by atoms with Crippen molar-refractivity contribution in [3.63, 3.8) is 0 Å². The summed E-state index contributed by atoms with van der Waals surface area (Å²) in [4.78, 5) is 3.80. The number of nitrogens with two attached hydrogens (primary N) is 1. The van der Waals surface area contributed by atoms with Crippen molar-refractivity contribution in [3.8, 4) is 0 Å². The molecule has 0 radical (unpaired) electrons. The molecule has 2 aromatic rings. The second kappa shape index (κ2) is 4.94. The zero-order chi connectivity index (χ0) is 14.2. The highest BCUT2D eigenvalue weighted by molar-refractivity contribution is 7.11. The molecule has 6 heteroatoms. The van der Waals surface area contributed by atoms with Crippen molar-refractivity contribution < 1.29 is 13.2 Å². The van der Waals surface area contributed by atoms with Crippen molar-refractivity contribution in [3.05, 3.63) is 51.0 Å². The first-order valence-corrected chi connectivity index (χ1v) is 6.46. The number of hydrogen-bond donors (Lipinski definition) is 1. The van der Waals surface area contributed by atoms with Crippen molar-refractivity contribution in [1.82, 2.24) is 4.98 Å². The molecule has 1 aromatic heterocycles. The summed E-state index contributed by atoms with van der Waals surface area (Å²) in [6.07, 6.45) is -3.21. The van der Waals surface area contributed by atoms with E-state index in [0.717, 1.165) is 16.7 Å². The molecule has 19 heavy (non-hydrogen) atoms. The van der Waals surface area contributed by atoms with E-state index in [1.54, 1.807) is 0 Å². The summed E-state index contributed by atoms with van der Waals surface area (Å²) in [6, 6.07) is 5.07. The Balaban J connectivity index is 2.31. The first kappa shape index (κ1) is 14.0. The van der Waals surface area contributed by atoms with Crippen molar-refractivity contribution in [2.45, 2.75) is 26.1 Å². The maximum absolute atomic E-state index is 12.5. The fourth-order valence-electron chi connectivity index (χ4n) is 1.68. The molecule has 0 spiro atoms. The van der Waals surface area contributed by atoms with Gasteiger partial charge in [-0.15, -0.1) is 11.3 Å². The average molecular weight is 286 g/mol. The molecule has 1 atom stereocenters. The molecule has 0 amide bonds. The largest absolute Gasteiger partial charge is 0.443 e. The van der Waals surface area contributed by atoms with Gasteiger partial charge in [0.05, 0.1) is 6.04 Å². The smallest absolute Gasteiger partial charge is 0.320 e. The van der Waals surface area contributed by atoms with Crippen molar-refractivity contribution in [2.75, 3.05) is 0 Å². The standard InChI is InChI=1S/C13H13F3N2S/c1-7-3-4-9(5-8(7)2)11(17)10-6-18-12(19-10)13(14,15)16/h3-6,11H,17H2,1-2H3. The van der Waals surface area contributed by atoms with Gasteiger partial charge in [-0.2, -0.15) is 13.2 Å². The number of aryl methyl sites for hydroxylation is 2. The fourth-order valence-corrected chi connectivity index (χ4v) is 2.50. The number of alkyl halides is 3. The Hall–Kier alpha value is -1.40. The van der Waals surface area contributed by atoms with Gasteiger partial charge in [-0.05, 0) is 30.5 Å². The van der Waals surface area contributed by atoms with Gasteiger partial charge in [0.2, 0.25) is 0 Å². The zero-order valence-corrected chi connectivity index (χ0v) is 11.3. The highest BCUT2D eigenvalue weighted by Crippen LogP contribution is 2.35. The number of aromatic nitrogens is 1. The van der Waals surface area contributed by atoms with Crippen LogP contribution in [-0.4, -0.2) is 4.98 Å². The minimum atomic E-state index is -4.41. The van der Waals surface area contributed by atoms with Gasteiger partial charge in [0.1, 0.15) is 0 Å². The average Bonchev–Trinajstić information content (AvgIpc) is 2.81. The van der Waals surface area contributed by atoms with E-state index in [0.29, 0.717) is 16.2 Å². The fraction of sp³-hybridized carbons (Fsp3) is 0.308. The van der Waals surface area contributed by atoms with E-state index in [2.05, 4.69) is 4.98 Å². The Morgan fingerprint density at radius 2 is 1.89 bits per heavy atom. The van der Waals surface area contributed by atoms with Crippen LogP contribution in [0.3, 0.4) is 0 Å². The lowest BCUT2D eigenvalue weighted by molar-refractivity contribution is -0.137. The molecule has 0 saturated carbocycles. The minimum absolute atomic E-state index is 0.413. The Bertz CT molecular complexity index is 590. The summed E-state index contributed by atoms with van der Waals surface area (Å²) in [5.74, 6) is 0. The summed E-state index contributed by atoms with van der Waals surface area (Å²) >= 11 is 0.592. The quantitative estimate of drug-likeness (QED) is 0.911. The number of nitrogens with zero attached hydrogens (tertiary/aromatic N) is 1. The van der Waals surface area contributed by atoms with Gasteiger partial charge in [0.15, 0.2) is 5.01 Å². The normalized spacial score (nSPS) is 13.6. The molecule has 2 nitrogen and oxygen atoms in total. The number of thiazole rings is 1. The van der Waals surface area contributed by atoms with E-state index in [4.69, 9.17) is 5.73 Å². The lowest BCUT2D eigenvalue weighted by atomic mass is 10.0. The van der Waals surface area contributed by atoms with Gasteiger partial charge in [0, 0.05) is 11.1 Å². The van der Waals surface area contributed by atoms with Crippen molar-refractivity contribution in [2.24, 2.45) is 5.73 Å². The molecule has 102 valence electrons. The van der Waals surface area contributed by atoms with Crippen LogP contribution in [0.1, 0.15) is 32.6 Å². The highest BCUT2D eigenvalue weighted by atomic mass is 32.1. The van der Waals surface area contributed by atoms with Crippen LogP contribution in [0.5, 0.6) is 0 Å². The zero-order valence-electron chi connectivity index (χ0n) is 10.5. The first-order valence-electron chi connectivity index (χ1n) is 5.64. The maximum atomic E-state index is 12.5. The number of benzene rings is 1. The Labute approximate surface area is 113 Å². The molecule has 1 unspecified atom stereocenters. The maximum Gasteiger partial charge on any atom is 0.443 e. The van der Waals surface area contributed by atoms with Crippen molar-refractivity contribution in [1.29, 1.82) is 0 Å². The van der Waals surface area contributed by atoms with Crippen LogP contribution in [0.15, 0.2) is 24.4 Å². The molecular weight excluding hydrogens is 273 g/mol. The van der Waals surface area contributed by atoms with Crippen LogP contribution in [0.4, 0.5) is 13.2 Å². The molecule has 0 aliphatic heterocycles. The SMILES string of the molecule is Cc1ccc(C(N)c2cnc(C(F)(F)F)s2)cc1C. The molecule has 0 bridgehead atoms. The Morgan fingerprint density at radius 1 is 1.21 bits per heavy atom. The van der Waals surface area contributed by atoms with E-state index in [-0.39, 0.29) is 0 Å². The molecular formula is C13H13F3N2S. The van der Waals surface area contributed by atoms with Crippen LogP contribution >= 0.6 is 11.3 Å². The van der Waals surface area contributed by atoms with Crippen LogP contribution < -0.4 is 5.73 Å². The van der Waals surface area contributed by atoms with Gasteiger partial charge in [-0.1, -0.05) is 18.2 Å². The third-order valence-corrected chi connectivity index (χ3v) is 4.09. The van der Waals surface area contributed by atoms with E-state index < -0.39 is 17.2 Å². The van der Waals surface area contributed by atoms with E-state index in [1.807, 2.05) is 32.0 Å². The summed E-state index contributed by atoms with van der Waals surface area (Å²) in [6.45, 7) is 3.92. The minimum Gasteiger partial charge on any atom is -0.320 e. The third-order valence-electron chi connectivity index (χ3n) is 2.96. The van der Waals surface area contributed by atoms with Gasteiger partial charge >= 0.3 is 6.18 Å². The molecule has 0 fully saturated rings. The van der Waals surface area contributed by atoms with Crippen LogP contribution in [0, 0.1) is 13.8 Å². The second-order valence-corrected chi connectivity index (χ2v) is 5.45. The highest BCUT2D eigenvalue weighted by Gasteiger charge is 2.35. The number of rotatable bonds is 2. The van der Waals surface area contributed by atoms with E-state index in [1.165, 1.54) is 6.20 Å². The molecule has 1 heterocycles. The molecule has 1 aromatic carbocycles. The van der Waals surface area contributed by atoms with Crippen LogP contribution in [0.2, 0.25) is 0 Å². The third kappa shape index (κ3) is 2.96. The summed E-state index contributed by atoms with van der Waals surface area (Å²) in [5, 5.41) is -0.859. The number of hydrogen-bond acceptors (Lipinski definition) is 3. The summed E-state index contributed by atoms with van der Waals surface area (Å²) in [5.41, 5.74) is 8.97. The lowest BCUT2D eigenvalue weighted by Crippen LogP contribution is -2.10. The number of halogens is 3. The van der Waals surface area contributed by atoms with E-state index in [9.17, 15) is 13.2 Å². The molecule has 0 saturated heterocycles. The predicted octanol–water partition coefficient (Wildman–Crippen LogP) is 3.83. The summed E-state index contributed by atoms with van der Waals surface area (Å²) in [7, 11) is 0. The first-order chi connectivity index (χ1) is 8.79. The Kier molecular flexibility index (Phi) is 3.64. The Morgan fingerprint density at radius 3 is 2.42 bits per heavy atom. The monoisotopic (exact) mass is 286 g/mol. The van der Waals surface area contributed by atoms with Crippen LogP contribution in [-0.2, 0) is 6.18 Å². The van der Waals surface area contributed by atoms with E-state index >= 15 is 0 Å². The van der Waals surface area contributed by atoms with Crippen LogP contribution in [0.25, 0.3) is 0 Å². The summed E-state index contributed by atoms with van der Waals surface area (Å²) < 4.78 is 37.5. The predicted molar refractivity (Wildman–Crippen MR) is 69.1 cm³/mol. The second-order valence-electron chi connectivity index (χ2n) is 4.39. The van der Waals surface area contributed by atoms with Gasteiger partial charge in [-0.25, -0.2) is 4.98 Å². The lowest BCUT2D eigenvalue weighted by Gasteiger charge is -2.11. The van der Waals surface area contributed by atoms with Gasteiger partial charge in [-0.3, -0.25) is 0 Å². The molecule has 0 aliphatic carbocycles. The van der Waals surface area contributed by atoms with Crippen molar-refractivity contribution >= 4 is 11.3 Å². The van der Waals surface area contributed by atoms with Gasteiger partial charge in [0.25, 0.3) is 0 Å². The molecule has 2 N–H and O–H groups in total. The molecule has 2 rings (SSSR count). The topological polar surface area (TPSA) is 38.9 Å². The van der Waals surface area contributed by atoms with Gasteiger partial charge < -0.3 is 5.73 Å².